The molecule has 0 bridgehead atoms. The van der Waals surface area contributed by atoms with E-state index in [0.717, 1.165) is 16.4 Å². The second-order valence-electron chi connectivity index (χ2n) is 4.00. The fraction of sp³-hybridized carbons (Fsp3) is 0.0909. The van der Waals surface area contributed by atoms with Crippen LogP contribution in [0.2, 0.25) is 0 Å². The average Bonchev–Trinajstić information content (AvgIpc) is 2.48. The van der Waals surface area contributed by atoms with Crippen molar-refractivity contribution in [3.8, 4) is 0 Å². The zero-order valence-electron chi connectivity index (χ0n) is 10.4. The molecule has 21 heavy (non-hydrogen) atoms. The first-order valence-corrected chi connectivity index (χ1v) is 6.78. The highest BCUT2D eigenvalue weighted by atomic mass is 32.2. The fourth-order valence-electron chi connectivity index (χ4n) is 1.66. The number of fused-ring (bicyclic) bond motifs is 1. The van der Waals surface area contributed by atoms with Gasteiger partial charge in [0.1, 0.15) is 5.52 Å². The van der Waals surface area contributed by atoms with Gasteiger partial charge in [0.2, 0.25) is 0 Å². The molecule has 0 aliphatic carbocycles. The summed E-state index contributed by atoms with van der Waals surface area (Å²) in [6.45, 7) is 0. The van der Waals surface area contributed by atoms with Crippen LogP contribution < -0.4 is 16.8 Å². The Hall–Kier alpha value is -2.75. The number of hydrogen-bond acceptors (Lipinski definition) is 7. The van der Waals surface area contributed by atoms with Crippen LogP contribution in [0.4, 0.5) is 0 Å². The van der Waals surface area contributed by atoms with E-state index in [2.05, 4.69) is 20.5 Å². The van der Waals surface area contributed by atoms with Gasteiger partial charge >= 0.3 is 5.69 Å². The van der Waals surface area contributed by atoms with Crippen molar-refractivity contribution in [2.45, 2.75) is 10.9 Å². The molecule has 0 saturated carbocycles. The lowest BCUT2D eigenvalue weighted by Gasteiger charge is -2.03. The van der Waals surface area contributed by atoms with E-state index in [9.17, 15) is 14.4 Å². The molecule has 0 aliphatic heterocycles. The predicted molar refractivity (Wildman–Crippen MR) is 75.1 cm³/mol. The molecule has 9 nitrogen and oxygen atoms in total. The van der Waals surface area contributed by atoms with Crippen LogP contribution in [0.25, 0.3) is 10.9 Å². The Morgan fingerprint density at radius 2 is 2.00 bits per heavy atom. The summed E-state index contributed by atoms with van der Waals surface area (Å²) in [6, 6.07) is 6.84. The molecule has 0 aliphatic rings. The molecule has 2 N–H and O–H groups in total. The first-order chi connectivity index (χ1) is 10.1. The maximum atomic E-state index is 12.2. The Morgan fingerprint density at radius 1 is 1.19 bits per heavy atom. The highest BCUT2D eigenvalue weighted by Crippen LogP contribution is 2.10. The Morgan fingerprint density at radius 3 is 2.81 bits per heavy atom. The molecule has 3 rings (SSSR count). The normalized spacial score (nSPS) is 10.9. The standard InChI is InChI=1S/C11H8N6O3S/c18-8-9(14-15-11(20)12-8)21-5-17-10(19)6-3-1-2-4-7(6)13-16-17/h1-4H,5H2,(H2,12,15,18,20). The number of nitrogens with one attached hydrogen (secondary N) is 2. The lowest BCUT2D eigenvalue weighted by molar-refractivity contribution is 0.643. The van der Waals surface area contributed by atoms with Gasteiger partial charge in [0.15, 0.2) is 5.03 Å². The monoisotopic (exact) mass is 304 g/mol. The average molecular weight is 304 g/mol. The summed E-state index contributed by atoms with van der Waals surface area (Å²) < 4.78 is 1.12. The molecule has 0 unspecified atom stereocenters. The number of rotatable bonds is 3. The highest BCUT2D eigenvalue weighted by molar-refractivity contribution is 7.98. The SMILES string of the molecule is O=c1[nH]nc(SCn2nnc3ccccc3c2=O)c(=O)[nH]1. The number of aromatic amines is 2. The first kappa shape index (κ1) is 13.2. The Bertz CT molecular complexity index is 976. The van der Waals surface area contributed by atoms with Crippen LogP contribution in [0.5, 0.6) is 0 Å². The molecule has 2 aromatic heterocycles. The predicted octanol–water partition coefficient (Wildman–Crippen LogP) is -0.687. The molecule has 0 amide bonds. The molecule has 3 aromatic rings. The second-order valence-corrected chi connectivity index (χ2v) is 4.93. The largest absolute Gasteiger partial charge is 0.342 e. The minimum atomic E-state index is -0.688. The van der Waals surface area contributed by atoms with E-state index in [1.54, 1.807) is 24.3 Å². The topological polar surface area (TPSA) is 126 Å². The van der Waals surface area contributed by atoms with E-state index in [1.165, 1.54) is 0 Å². The summed E-state index contributed by atoms with van der Waals surface area (Å²) in [4.78, 5) is 36.6. The summed E-state index contributed by atoms with van der Waals surface area (Å²) in [7, 11) is 0. The van der Waals surface area contributed by atoms with Gasteiger partial charge in [-0.2, -0.15) is 9.78 Å². The number of thioether (sulfide) groups is 1. The van der Waals surface area contributed by atoms with E-state index in [-0.39, 0.29) is 16.5 Å². The van der Waals surface area contributed by atoms with E-state index in [1.807, 2.05) is 4.98 Å². The van der Waals surface area contributed by atoms with Gasteiger partial charge in [-0.05, 0) is 12.1 Å². The minimum absolute atomic E-state index is 0.0384. The van der Waals surface area contributed by atoms with Crippen molar-refractivity contribution in [2.75, 3.05) is 0 Å². The summed E-state index contributed by atoms with van der Waals surface area (Å²) in [5, 5.41) is 13.9. The van der Waals surface area contributed by atoms with Crippen molar-refractivity contribution < 1.29 is 0 Å². The number of nitrogens with zero attached hydrogens (tertiary/aromatic N) is 4. The van der Waals surface area contributed by atoms with Crippen LogP contribution in [0.1, 0.15) is 0 Å². The molecule has 2 heterocycles. The minimum Gasteiger partial charge on any atom is -0.271 e. The molecule has 0 fully saturated rings. The van der Waals surface area contributed by atoms with Crippen molar-refractivity contribution in [3.05, 3.63) is 55.5 Å². The van der Waals surface area contributed by atoms with Crippen molar-refractivity contribution in [3.63, 3.8) is 0 Å². The fourth-order valence-corrected chi connectivity index (χ4v) is 2.37. The van der Waals surface area contributed by atoms with Crippen LogP contribution in [0.15, 0.2) is 43.7 Å². The summed E-state index contributed by atoms with van der Waals surface area (Å²) >= 11 is 0.967. The zero-order valence-corrected chi connectivity index (χ0v) is 11.3. The molecule has 1 aromatic carbocycles. The Labute approximate surface area is 120 Å². The highest BCUT2D eigenvalue weighted by Gasteiger charge is 2.08. The molecule has 0 radical (unpaired) electrons. The van der Waals surface area contributed by atoms with Gasteiger partial charge in [-0.3, -0.25) is 14.6 Å². The second kappa shape index (κ2) is 5.32. The van der Waals surface area contributed by atoms with Gasteiger partial charge in [-0.15, -0.1) is 5.10 Å². The van der Waals surface area contributed by atoms with Crippen LogP contribution in [-0.4, -0.2) is 30.2 Å². The van der Waals surface area contributed by atoms with E-state index < -0.39 is 11.2 Å². The summed E-state index contributed by atoms with van der Waals surface area (Å²) in [5.41, 5.74) is -1.12. The maximum absolute atomic E-state index is 12.2. The Kier molecular flexibility index (Phi) is 3.36. The Balaban J connectivity index is 1.92. The van der Waals surface area contributed by atoms with Crippen LogP contribution in [0.3, 0.4) is 0 Å². The first-order valence-electron chi connectivity index (χ1n) is 5.79. The van der Waals surface area contributed by atoms with Crippen LogP contribution >= 0.6 is 11.8 Å². The lowest BCUT2D eigenvalue weighted by atomic mass is 10.2. The van der Waals surface area contributed by atoms with Gasteiger partial charge in [-0.25, -0.2) is 9.89 Å². The van der Waals surface area contributed by atoms with Gasteiger partial charge in [0.05, 0.1) is 11.3 Å². The number of aromatic nitrogens is 6. The van der Waals surface area contributed by atoms with Crippen molar-refractivity contribution in [1.29, 1.82) is 0 Å². The van der Waals surface area contributed by atoms with E-state index in [4.69, 9.17) is 0 Å². The maximum Gasteiger partial charge on any atom is 0.342 e. The third-order valence-corrected chi connectivity index (χ3v) is 3.56. The van der Waals surface area contributed by atoms with E-state index >= 15 is 0 Å². The van der Waals surface area contributed by atoms with Crippen molar-refractivity contribution in [1.82, 2.24) is 30.2 Å². The number of benzene rings is 1. The molecular formula is C11H8N6O3S. The smallest absolute Gasteiger partial charge is 0.271 e. The van der Waals surface area contributed by atoms with Crippen LogP contribution in [-0.2, 0) is 5.88 Å². The summed E-state index contributed by atoms with van der Waals surface area (Å²) in [6.07, 6.45) is 0. The van der Waals surface area contributed by atoms with Gasteiger partial charge in [-0.1, -0.05) is 29.1 Å². The molecule has 10 heteroatoms. The van der Waals surface area contributed by atoms with Crippen molar-refractivity contribution >= 4 is 22.7 Å². The molecule has 0 saturated heterocycles. The molecule has 106 valence electrons. The van der Waals surface area contributed by atoms with Gasteiger partial charge in [0.25, 0.3) is 11.1 Å². The number of hydrogen-bond donors (Lipinski definition) is 2. The lowest BCUT2D eigenvalue weighted by Crippen LogP contribution is -2.27. The third-order valence-electron chi connectivity index (χ3n) is 2.63. The third kappa shape index (κ3) is 2.60. The van der Waals surface area contributed by atoms with Crippen molar-refractivity contribution in [2.24, 2.45) is 0 Å². The van der Waals surface area contributed by atoms with E-state index in [0.29, 0.717) is 10.9 Å². The molecule has 0 atom stereocenters. The molecule has 0 spiro atoms. The quantitative estimate of drug-likeness (QED) is 0.613. The summed E-state index contributed by atoms with van der Waals surface area (Å²) in [5.74, 6) is 0.0544. The zero-order chi connectivity index (χ0) is 14.8. The molecular weight excluding hydrogens is 296 g/mol. The van der Waals surface area contributed by atoms with Crippen LogP contribution in [0, 0.1) is 0 Å². The van der Waals surface area contributed by atoms with Gasteiger partial charge < -0.3 is 0 Å². The van der Waals surface area contributed by atoms with Gasteiger partial charge in [0, 0.05) is 0 Å². The number of H-pyrrole nitrogens is 2.